The number of nitrogens with zero attached hydrogens (tertiary/aromatic N) is 2. The van der Waals surface area contributed by atoms with E-state index in [9.17, 15) is 22.8 Å². The predicted molar refractivity (Wildman–Crippen MR) is 122 cm³/mol. The van der Waals surface area contributed by atoms with Crippen LogP contribution >= 0.6 is 0 Å². The van der Waals surface area contributed by atoms with Crippen molar-refractivity contribution >= 4 is 17.4 Å². The Morgan fingerprint density at radius 3 is 2.24 bits per heavy atom. The van der Waals surface area contributed by atoms with Crippen molar-refractivity contribution < 1.29 is 22.8 Å². The number of hydrogen-bond acceptors (Lipinski definition) is 3. The second-order valence-corrected chi connectivity index (χ2v) is 7.67. The molecule has 0 saturated heterocycles. The van der Waals surface area contributed by atoms with E-state index in [0.29, 0.717) is 0 Å². The lowest BCUT2D eigenvalue weighted by Gasteiger charge is -2.15. The molecule has 0 unspecified atom stereocenters. The number of ketones is 1. The third-order valence-corrected chi connectivity index (χ3v) is 5.21. The van der Waals surface area contributed by atoms with Gasteiger partial charge in [0.1, 0.15) is 6.54 Å². The van der Waals surface area contributed by atoms with E-state index in [1.807, 2.05) is 54.6 Å². The van der Waals surface area contributed by atoms with Crippen molar-refractivity contribution in [1.82, 2.24) is 9.78 Å². The van der Waals surface area contributed by atoms with Crippen molar-refractivity contribution in [3.05, 3.63) is 108 Å². The van der Waals surface area contributed by atoms with E-state index in [-0.39, 0.29) is 24.3 Å². The zero-order chi connectivity index (χ0) is 24.1. The molecular weight excluding hydrogens is 443 g/mol. The highest BCUT2D eigenvalue weighted by atomic mass is 19.4. The quantitative estimate of drug-likeness (QED) is 0.361. The fraction of sp³-hybridized carbons (Fsp3) is 0.115. The Kier molecular flexibility index (Phi) is 6.58. The van der Waals surface area contributed by atoms with Gasteiger partial charge in [-0.25, -0.2) is 0 Å². The Hall–Kier alpha value is -4.20. The molecule has 4 rings (SSSR count). The summed E-state index contributed by atoms with van der Waals surface area (Å²) >= 11 is 0. The Labute approximate surface area is 193 Å². The number of Topliss-reactive ketones (excluding diaryl/α,β-unsaturated/α-hetero) is 1. The number of anilines is 1. The van der Waals surface area contributed by atoms with Gasteiger partial charge in [0.05, 0.1) is 11.3 Å². The number of aromatic nitrogens is 2. The lowest BCUT2D eigenvalue weighted by atomic mass is 9.98. The van der Waals surface area contributed by atoms with Crippen LogP contribution < -0.4 is 5.32 Å². The molecule has 0 aliphatic heterocycles. The normalized spacial score (nSPS) is 11.3. The highest BCUT2D eigenvalue weighted by Gasteiger charge is 2.34. The first-order chi connectivity index (χ1) is 16.3. The standard InChI is InChI=1S/C26H20F3N3O2/c27-26(28,29)22-12-11-21(16-23(22)31-25(34)17-32-14-4-13-30-32)24(33)15-18-7-9-20(10-8-18)19-5-2-1-3-6-19/h1-14,16H,15,17H2,(H,31,34). The first-order valence-electron chi connectivity index (χ1n) is 10.5. The van der Waals surface area contributed by atoms with Gasteiger partial charge < -0.3 is 5.32 Å². The van der Waals surface area contributed by atoms with Crippen LogP contribution in [0.25, 0.3) is 11.1 Å². The predicted octanol–water partition coefficient (Wildman–Crippen LogP) is 5.63. The van der Waals surface area contributed by atoms with Crippen LogP contribution in [0.5, 0.6) is 0 Å². The molecule has 4 aromatic rings. The average molecular weight is 463 g/mol. The van der Waals surface area contributed by atoms with Crippen molar-refractivity contribution in [1.29, 1.82) is 0 Å². The van der Waals surface area contributed by atoms with Gasteiger partial charge in [-0.1, -0.05) is 60.7 Å². The topological polar surface area (TPSA) is 64.0 Å². The molecule has 0 radical (unpaired) electrons. The van der Waals surface area contributed by atoms with Gasteiger partial charge in [-0.05, 0) is 34.9 Å². The van der Waals surface area contributed by atoms with E-state index in [1.165, 1.54) is 17.1 Å². The minimum atomic E-state index is -4.69. The van der Waals surface area contributed by atoms with Crippen LogP contribution in [0.3, 0.4) is 0 Å². The summed E-state index contributed by atoms with van der Waals surface area (Å²) in [5, 5.41) is 6.13. The van der Waals surface area contributed by atoms with Crippen LogP contribution in [-0.4, -0.2) is 21.5 Å². The van der Waals surface area contributed by atoms with E-state index < -0.39 is 23.3 Å². The van der Waals surface area contributed by atoms with E-state index in [4.69, 9.17) is 0 Å². The fourth-order valence-corrected chi connectivity index (χ4v) is 3.53. The molecule has 5 nitrogen and oxygen atoms in total. The third-order valence-electron chi connectivity index (χ3n) is 5.21. The van der Waals surface area contributed by atoms with Gasteiger partial charge in [-0.15, -0.1) is 0 Å². The highest BCUT2D eigenvalue weighted by Crippen LogP contribution is 2.35. The van der Waals surface area contributed by atoms with Crippen LogP contribution in [0.2, 0.25) is 0 Å². The molecule has 0 bridgehead atoms. The minimum Gasteiger partial charge on any atom is -0.324 e. The zero-order valence-electron chi connectivity index (χ0n) is 17.9. The molecular formula is C26H20F3N3O2. The van der Waals surface area contributed by atoms with Gasteiger partial charge in [-0.3, -0.25) is 14.3 Å². The molecule has 34 heavy (non-hydrogen) atoms. The van der Waals surface area contributed by atoms with Gasteiger partial charge in [-0.2, -0.15) is 18.3 Å². The molecule has 0 saturated carbocycles. The Bertz CT molecular complexity index is 1280. The summed E-state index contributed by atoms with van der Waals surface area (Å²) in [6.45, 7) is -0.254. The van der Waals surface area contributed by atoms with Crippen molar-refractivity contribution in [2.45, 2.75) is 19.1 Å². The molecule has 0 aliphatic carbocycles. The van der Waals surface area contributed by atoms with Gasteiger partial charge in [0.25, 0.3) is 0 Å². The van der Waals surface area contributed by atoms with Crippen LogP contribution in [0.15, 0.2) is 91.3 Å². The zero-order valence-corrected chi connectivity index (χ0v) is 17.9. The maximum absolute atomic E-state index is 13.5. The molecule has 1 N–H and O–H groups in total. The number of halogens is 3. The van der Waals surface area contributed by atoms with E-state index >= 15 is 0 Å². The van der Waals surface area contributed by atoms with Crippen molar-refractivity contribution in [2.75, 3.05) is 5.32 Å². The Morgan fingerprint density at radius 1 is 0.882 bits per heavy atom. The van der Waals surface area contributed by atoms with Gasteiger partial charge in [0.15, 0.2) is 5.78 Å². The largest absolute Gasteiger partial charge is 0.418 e. The number of benzene rings is 3. The summed E-state index contributed by atoms with van der Waals surface area (Å²) in [6.07, 6.45) is -1.70. The lowest BCUT2D eigenvalue weighted by Crippen LogP contribution is -2.22. The molecule has 172 valence electrons. The maximum atomic E-state index is 13.5. The number of alkyl halides is 3. The van der Waals surface area contributed by atoms with Crippen LogP contribution in [0, 0.1) is 0 Å². The number of rotatable bonds is 7. The van der Waals surface area contributed by atoms with Crippen molar-refractivity contribution in [3.8, 4) is 11.1 Å². The van der Waals surface area contributed by atoms with E-state index in [2.05, 4.69) is 10.4 Å². The highest BCUT2D eigenvalue weighted by molar-refractivity contribution is 6.00. The molecule has 0 fully saturated rings. The summed E-state index contributed by atoms with van der Waals surface area (Å²) < 4.78 is 41.7. The van der Waals surface area contributed by atoms with Crippen molar-refractivity contribution in [2.24, 2.45) is 0 Å². The fourth-order valence-electron chi connectivity index (χ4n) is 3.53. The van der Waals surface area contributed by atoms with Crippen molar-refractivity contribution in [3.63, 3.8) is 0 Å². The molecule has 3 aromatic carbocycles. The lowest BCUT2D eigenvalue weighted by molar-refractivity contribution is -0.137. The molecule has 1 amide bonds. The van der Waals surface area contributed by atoms with Gasteiger partial charge >= 0.3 is 6.18 Å². The first-order valence-corrected chi connectivity index (χ1v) is 10.5. The van der Waals surface area contributed by atoms with E-state index in [1.54, 1.807) is 6.07 Å². The summed E-state index contributed by atoms with van der Waals surface area (Å²) in [5.74, 6) is -1.04. The van der Waals surface area contributed by atoms with Gasteiger partial charge in [0.2, 0.25) is 5.91 Å². The summed E-state index contributed by atoms with van der Waals surface area (Å²) in [6, 6.07) is 21.8. The average Bonchev–Trinajstić information content (AvgIpc) is 3.32. The number of amides is 1. The summed E-state index contributed by atoms with van der Waals surface area (Å²) in [7, 11) is 0. The SMILES string of the molecule is O=C(Cn1cccn1)Nc1cc(C(=O)Cc2ccc(-c3ccccc3)cc2)ccc1C(F)(F)F. The minimum absolute atomic E-state index is 0.0150. The van der Waals surface area contributed by atoms with E-state index in [0.717, 1.165) is 34.9 Å². The second kappa shape index (κ2) is 9.74. The third kappa shape index (κ3) is 5.58. The second-order valence-electron chi connectivity index (χ2n) is 7.67. The Morgan fingerprint density at radius 2 is 1.59 bits per heavy atom. The molecule has 1 heterocycles. The number of carbonyl (C=O) groups is 2. The summed E-state index contributed by atoms with van der Waals surface area (Å²) in [4.78, 5) is 25.1. The van der Waals surface area contributed by atoms with Crippen LogP contribution in [0.4, 0.5) is 18.9 Å². The van der Waals surface area contributed by atoms with Gasteiger partial charge in [0, 0.05) is 24.4 Å². The molecule has 0 atom stereocenters. The maximum Gasteiger partial charge on any atom is 0.418 e. The summed E-state index contributed by atoms with van der Waals surface area (Å²) in [5.41, 5.74) is 1.36. The van der Waals surface area contributed by atoms with Crippen LogP contribution in [0.1, 0.15) is 21.5 Å². The molecule has 8 heteroatoms. The number of hydrogen-bond donors (Lipinski definition) is 1. The smallest absolute Gasteiger partial charge is 0.324 e. The molecule has 1 aromatic heterocycles. The Balaban J connectivity index is 1.52. The monoisotopic (exact) mass is 463 g/mol. The molecule has 0 spiro atoms. The first kappa shape index (κ1) is 23.0. The van der Waals surface area contributed by atoms with Crippen LogP contribution in [-0.2, 0) is 23.9 Å². The number of nitrogens with one attached hydrogen (secondary N) is 1. The molecule has 0 aliphatic rings. The number of carbonyl (C=O) groups excluding carboxylic acids is 2.